The van der Waals surface area contributed by atoms with E-state index in [-0.39, 0.29) is 7.92 Å². The van der Waals surface area contributed by atoms with Crippen molar-refractivity contribution in [2.75, 3.05) is 24.4 Å². The molecule has 0 aromatic carbocycles. The second kappa shape index (κ2) is 9.23. The number of rotatable bonds is 6. The second-order valence-corrected chi connectivity index (χ2v) is 17.0. The Labute approximate surface area is 108 Å². The topological polar surface area (TPSA) is 0 Å². The average Bonchev–Trinajstić information content (AvgIpc) is 1.80. The summed E-state index contributed by atoms with van der Waals surface area (Å²) in [5, 5.41) is 0. The normalized spacial score (nSPS) is 16.6. The lowest BCUT2D eigenvalue weighted by Gasteiger charge is -2.16. The van der Waals surface area contributed by atoms with Crippen molar-refractivity contribution in [3.63, 3.8) is 0 Å². The molecule has 0 amide bonds. The van der Waals surface area contributed by atoms with Crippen LogP contribution in [0.25, 0.3) is 0 Å². The Balaban J connectivity index is 3.58. The third-order valence-corrected chi connectivity index (χ3v) is 14.8. The van der Waals surface area contributed by atoms with E-state index in [0.717, 1.165) is 17.7 Å². The van der Waals surface area contributed by atoms with Crippen molar-refractivity contribution in [1.29, 1.82) is 0 Å². The molecule has 0 aliphatic carbocycles. The molecule has 2 unspecified atom stereocenters. The molecular weight excluding hydrogens is 349 g/mol. The third-order valence-electron chi connectivity index (χ3n) is 1.00. The van der Waals surface area contributed by atoms with Gasteiger partial charge in [-0.2, -0.15) is 0 Å². The fraction of sp³-hybridized carbons (Fsp3) is 1.00. The molecule has 0 saturated carbocycles. The van der Waals surface area contributed by atoms with Crippen LogP contribution >= 0.6 is 84.7 Å². The predicted molar refractivity (Wildman–Crippen MR) is 77.5 cm³/mol. The second-order valence-electron chi connectivity index (χ2n) is 2.35. The molecule has 0 aromatic heterocycles. The standard InChI is InChI=1S/C4H9Cl5P4/c1-10(3-12(6)7)2-11(5)4-13(8)9/h2-4H2,1H3. The van der Waals surface area contributed by atoms with E-state index in [0.29, 0.717) is 0 Å². The van der Waals surface area contributed by atoms with Crippen molar-refractivity contribution >= 4 is 84.7 Å². The Morgan fingerprint density at radius 1 is 0.769 bits per heavy atom. The Morgan fingerprint density at radius 2 is 1.23 bits per heavy atom. The van der Waals surface area contributed by atoms with Crippen LogP contribution in [0.2, 0.25) is 0 Å². The molecule has 0 heterocycles. The molecule has 0 aliphatic heterocycles. The first-order valence-electron chi connectivity index (χ1n) is 3.19. The van der Waals surface area contributed by atoms with Gasteiger partial charge in [-0.25, -0.2) is 0 Å². The van der Waals surface area contributed by atoms with Crippen molar-refractivity contribution in [3.05, 3.63) is 0 Å². The molecule has 0 bridgehead atoms. The van der Waals surface area contributed by atoms with Crippen LogP contribution in [0, 0.1) is 0 Å². The van der Waals surface area contributed by atoms with Gasteiger partial charge in [-0.3, -0.25) is 0 Å². The SMILES string of the molecule is CP(CP(Cl)Cl)CP(Cl)CP(Cl)Cl. The average molecular weight is 358 g/mol. The van der Waals surface area contributed by atoms with Crippen LogP contribution in [0.4, 0.5) is 0 Å². The maximum atomic E-state index is 6.10. The van der Waals surface area contributed by atoms with Crippen LogP contribution in [0.5, 0.6) is 0 Å². The highest BCUT2D eigenvalue weighted by atomic mass is 35.9. The van der Waals surface area contributed by atoms with E-state index >= 15 is 0 Å². The van der Waals surface area contributed by atoms with E-state index in [1.807, 2.05) is 0 Å². The zero-order valence-electron chi connectivity index (χ0n) is 6.80. The zero-order valence-corrected chi connectivity index (χ0v) is 14.2. The van der Waals surface area contributed by atoms with Gasteiger partial charge in [0.05, 0.1) is 13.3 Å². The smallest absolute Gasteiger partial charge is 0.0909 e. The summed E-state index contributed by atoms with van der Waals surface area (Å²) < 4.78 is 0. The van der Waals surface area contributed by atoms with E-state index < -0.39 is 20.5 Å². The Hall–Kier alpha value is 3.17. The molecule has 0 fully saturated rings. The summed E-state index contributed by atoms with van der Waals surface area (Å²) in [7, 11) is -0.666. The number of halogens is 5. The Morgan fingerprint density at radius 3 is 1.62 bits per heavy atom. The highest BCUT2D eigenvalue weighted by Gasteiger charge is 2.15. The van der Waals surface area contributed by atoms with Gasteiger partial charge in [0.15, 0.2) is 0 Å². The van der Waals surface area contributed by atoms with Gasteiger partial charge in [-0.1, -0.05) is 64.1 Å². The first-order chi connectivity index (χ1) is 5.91. The monoisotopic (exact) mass is 356 g/mol. The Bertz CT molecular complexity index is 120. The van der Waals surface area contributed by atoms with Crippen molar-refractivity contribution in [2.24, 2.45) is 0 Å². The van der Waals surface area contributed by atoms with Crippen LogP contribution in [0.3, 0.4) is 0 Å². The quantitative estimate of drug-likeness (QED) is 0.441. The van der Waals surface area contributed by atoms with Crippen molar-refractivity contribution in [1.82, 2.24) is 0 Å². The van der Waals surface area contributed by atoms with E-state index in [1.165, 1.54) is 0 Å². The fourth-order valence-corrected chi connectivity index (χ4v) is 16.7. The van der Waals surface area contributed by atoms with E-state index in [4.69, 9.17) is 56.2 Å². The van der Waals surface area contributed by atoms with Crippen molar-refractivity contribution in [2.45, 2.75) is 0 Å². The van der Waals surface area contributed by atoms with Gasteiger partial charge >= 0.3 is 0 Å². The molecule has 9 heteroatoms. The minimum Gasteiger partial charge on any atom is -0.0976 e. The van der Waals surface area contributed by atoms with Crippen LogP contribution < -0.4 is 0 Å². The molecular formula is C4H9Cl5P4. The first-order valence-corrected chi connectivity index (χ1v) is 14.6. The summed E-state index contributed by atoms with van der Waals surface area (Å²) >= 11 is 28.9. The minimum atomic E-state index is -0.900. The maximum absolute atomic E-state index is 6.10. The number of hydrogen-bond acceptors (Lipinski definition) is 0. The molecule has 0 aromatic rings. The van der Waals surface area contributed by atoms with E-state index in [2.05, 4.69) is 6.66 Å². The minimum absolute atomic E-state index is 0.135. The zero-order chi connectivity index (χ0) is 10.4. The lowest BCUT2D eigenvalue weighted by atomic mass is 11.8. The molecule has 2 atom stereocenters. The van der Waals surface area contributed by atoms with Crippen molar-refractivity contribution in [3.8, 4) is 0 Å². The summed E-state index contributed by atoms with van der Waals surface area (Å²) in [6, 6.07) is 0. The summed E-state index contributed by atoms with van der Waals surface area (Å²) in [4.78, 5) is 0. The molecule has 0 rings (SSSR count). The number of hydrogen-bond donors (Lipinski definition) is 0. The highest BCUT2D eigenvalue weighted by Crippen LogP contribution is 2.66. The van der Waals surface area contributed by atoms with Gasteiger partial charge in [0.1, 0.15) is 0 Å². The van der Waals surface area contributed by atoms with Gasteiger partial charge in [0, 0.05) is 25.0 Å². The molecule has 0 radical (unpaired) electrons. The maximum Gasteiger partial charge on any atom is 0.0909 e. The van der Waals surface area contributed by atoms with Crippen LogP contribution in [0.1, 0.15) is 0 Å². The van der Waals surface area contributed by atoms with Gasteiger partial charge in [0.25, 0.3) is 0 Å². The van der Waals surface area contributed by atoms with Gasteiger partial charge in [-0.15, -0.1) is 0 Å². The van der Waals surface area contributed by atoms with Crippen LogP contribution in [0.15, 0.2) is 0 Å². The molecule has 0 nitrogen and oxygen atoms in total. The largest absolute Gasteiger partial charge is 0.0976 e. The first kappa shape index (κ1) is 16.2. The molecule has 0 aliphatic rings. The van der Waals surface area contributed by atoms with E-state index in [9.17, 15) is 0 Å². The lowest BCUT2D eigenvalue weighted by molar-refractivity contribution is 1.94. The molecule has 0 saturated heterocycles. The summed E-state index contributed by atoms with van der Waals surface area (Å²) in [5.41, 5.74) is 0. The third kappa shape index (κ3) is 11.4. The fourth-order valence-electron chi connectivity index (χ4n) is 0.650. The molecule has 80 valence electrons. The molecule has 0 spiro atoms. The van der Waals surface area contributed by atoms with Gasteiger partial charge < -0.3 is 0 Å². The van der Waals surface area contributed by atoms with E-state index in [1.54, 1.807) is 0 Å². The summed E-state index contributed by atoms with van der Waals surface area (Å²) in [5.74, 6) is 2.66. The van der Waals surface area contributed by atoms with Crippen LogP contribution in [-0.4, -0.2) is 24.4 Å². The van der Waals surface area contributed by atoms with Crippen LogP contribution in [-0.2, 0) is 0 Å². The Kier molecular flexibility index (Phi) is 11.5. The highest BCUT2D eigenvalue weighted by molar-refractivity contribution is 8.12. The summed E-state index contributed by atoms with van der Waals surface area (Å²) in [6.45, 7) is 0.438. The van der Waals surface area contributed by atoms with Gasteiger partial charge in [0.2, 0.25) is 0 Å². The van der Waals surface area contributed by atoms with Gasteiger partial charge in [-0.05, 0) is 6.66 Å². The predicted octanol–water partition coefficient (Wildman–Crippen LogP) is 7.19. The summed E-state index contributed by atoms with van der Waals surface area (Å²) in [6.07, 6.45) is 0. The lowest BCUT2D eigenvalue weighted by Crippen LogP contribution is -1.82. The molecule has 0 N–H and O–H groups in total. The molecule has 13 heavy (non-hydrogen) atoms. The van der Waals surface area contributed by atoms with Crippen molar-refractivity contribution < 1.29 is 0 Å².